The van der Waals surface area contributed by atoms with Crippen molar-refractivity contribution >= 4 is 39.1 Å². The second-order valence-corrected chi connectivity index (χ2v) is 7.33. The smallest absolute Gasteiger partial charge is 0.224 e. The van der Waals surface area contributed by atoms with Crippen molar-refractivity contribution in [3.05, 3.63) is 57.6 Å². The van der Waals surface area contributed by atoms with Gasteiger partial charge >= 0.3 is 0 Å². The SMILES string of the molecule is CC(=O)N1CCc2cc(Br)cc(NC(=O)CCc3ccc(C)cc3)c21. The maximum atomic E-state index is 12.4. The average Bonchev–Trinajstić information content (AvgIpc) is 2.98. The Hall–Kier alpha value is -2.14. The highest BCUT2D eigenvalue weighted by Crippen LogP contribution is 2.38. The van der Waals surface area contributed by atoms with Crippen LogP contribution in [0.4, 0.5) is 11.4 Å². The quantitative estimate of drug-likeness (QED) is 0.833. The molecule has 5 heteroatoms. The van der Waals surface area contributed by atoms with Crippen LogP contribution in [-0.2, 0) is 22.4 Å². The Kier molecular flexibility index (Phi) is 5.23. The molecule has 0 bridgehead atoms. The molecule has 0 unspecified atom stereocenters. The summed E-state index contributed by atoms with van der Waals surface area (Å²) in [5, 5.41) is 2.99. The second kappa shape index (κ2) is 7.40. The molecule has 1 N–H and O–H groups in total. The number of aryl methyl sites for hydroxylation is 2. The van der Waals surface area contributed by atoms with Crippen molar-refractivity contribution in [2.45, 2.75) is 33.1 Å². The van der Waals surface area contributed by atoms with Crippen molar-refractivity contribution in [1.82, 2.24) is 0 Å². The van der Waals surface area contributed by atoms with Gasteiger partial charge in [0.15, 0.2) is 0 Å². The minimum atomic E-state index is -0.0451. The van der Waals surface area contributed by atoms with Crippen molar-refractivity contribution in [1.29, 1.82) is 0 Å². The molecular formula is C20H21BrN2O2. The lowest BCUT2D eigenvalue weighted by Gasteiger charge is -2.19. The molecule has 25 heavy (non-hydrogen) atoms. The Labute approximate surface area is 156 Å². The van der Waals surface area contributed by atoms with Gasteiger partial charge in [-0.3, -0.25) is 9.59 Å². The number of benzene rings is 2. The zero-order valence-corrected chi connectivity index (χ0v) is 16.0. The van der Waals surface area contributed by atoms with Crippen LogP contribution < -0.4 is 10.2 Å². The summed E-state index contributed by atoms with van der Waals surface area (Å²) in [6.45, 7) is 4.26. The van der Waals surface area contributed by atoms with E-state index < -0.39 is 0 Å². The molecule has 0 atom stereocenters. The largest absolute Gasteiger partial charge is 0.324 e. The standard InChI is InChI=1S/C20H21BrN2O2/c1-13-3-5-15(6-4-13)7-8-19(25)22-18-12-17(21)11-16-9-10-23(14(2)24)20(16)18/h3-6,11-12H,7-10H2,1-2H3,(H,22,25). The Morgan fingerprint density at radius 1 is 1.20 bits per heavy atom. The first-order valence-corrected chi connectivity index (χ1v) is 9.19. The van der Waals surface area contributed by atoms with Gasteiger partial charge in [0.25, 0.3) is 0 Å². The number of halogens is 1. The van der Waals surface area contributed by atoms with Gasteiger partial charge in [-0.1, -0.05) is 45.8 Å². The molecule has 0 spiro atoms. The predicted molar refractivity (Wildman–Crippen MR) is 104 cm³/mol. The Morgan fingerprint density at radius 3 is 2.60 bits per heavy atom. The van der Waals surface area contributed by atoms with Gasteiger partial charge in [0, 0.05) is 24.4 Å². The van der Waals surface area contributed by atoms with Crippen LogP contribution in [0, 0.1) is 6.92 Å². The number of anilines is 2. The van der Waals surface area contributed by atoms with E-state index >= 15 is 0 Å². The fraction of sp³-hybridized carbons (Fsp3) is 0.300. The van der Waals surface area contributed by atoms with Gasteiger partial charge in [0.1, 0.15) is 0 Å². The summed E-state index contributed by atoms with van der Waals surface area (Å²) in [7, 11) is 0. The van der Waals surface area contributed by atoms with E-state index in [0.717, 1.165) is 27.7 Å². The Balaban J connectivity index is 1.73. The summed E-state index contributed by atoms with van der Waals surface area (Å²) in [6.07, 6.45) is 1.91. The van der Waals surface area contributed by atoms with Crippen molar-refractivity contribution in [2.75, 3.05) is 16.8 Å². The van der Waals surface area contributed by atoms with Gasteiger partial charge < -0.3 is 10.2 Å². The molecule has 0 saturated carbocycles. The van der Waals surface area contributed by atoms with E-state index in [0.29, 0.717) is 25.1 Å². The van der Waals surface area contributed by atoms with Crippen molar-refractivity contribution in [3.8, 4) is 0 Å². The number of nitrogens with zero attached hydrogens (tertiary/aromatic N) is 1. The molecule has 2 aromatic carbocycles. The Morgan fingerprint density at radius 2 is 1.92 bits per heavy atom. The molecule has 0 saturated heterocycles. The Bertz CT molecular complexity index is 815. The van der Waals surface area contributed by atoms with E-state index in [1.165, 1.54) is 5.56 Å². The van der Waals surface area contributed by atoms with Crippen LogP contribution in [0.5, 0.6) is 0 Å². The number of nitrogens with one attached hydrogen (secondary N) is 1. The highest BCUT2D eigenvalue weighted by molar-refractivity contribution is 9.10. The average molecular weight is 401 g/mol. The summed E-state index contributed by atoms with van der Waals surface area (Å²) in [5.74, 6) is -0.0486. The van der Waals surface area contributed by atoms with E-state index in [1.807, 2.05) is 19.1 Å². The minimum Gasteiger partial charge on any atom is -0.324 e. The van der Waals surface area contributed by atoms with E-state index in [-0.39, 0.29) is 11.8 Å². The molecule has 0 aromatic heterocycles. The lowest BCUT2D eigenvalue weighted by molar-refractivity contribution is -0.117. The number of amides is 2. The van der Waals surface area contributed by atoms with Crippen molar-refractivity contribution < 1.29 is 9.59 Å². The lowest BCUT2D eigenvalue weighted by atomic mass is 10.1. The van der Waals surface area contributed by atoms with Crippen LogP contribution in [0.15, 0.2) is 40.9 Å². The first kappa shape index (κ1) is 17.7. The lowest BCUT2D eigenvalue weighted by Crippen LogP contribution is -2.27. The molecule has 0 aliphatic carbocycles. The summed E-state index contributed by atoms with van der Waals surface area (Å²) < 4.78 is 0.908. The van der Waals surface area contributed by atoms with E-state index in [9.17, 15) is 9.59 Å². The van der Waals surface area contributed by atoms with Gasteiger partial charge in [-0.25, -0.2) is 0 Å². The second-order valence-electron chi connectivity index (χ2n) is 6.42. The fourth-order valence-corrected chi connectivity index (χ4v) is 3.65. The molecular weight excluding hydrogens is 380 g/mol. The van der Waals surface area contributed by atoms with Gasteiger partial charge in [-0.2, -0.15) is 0 Å². The summed E-state index contributed by atoms with van der Waals surface area (Å²) in [6, 6.07) is 12.1. The maximum absolute atomic E-state index is 12.4. The number of hydrogen-bond donors (Lipinski definition) is 1. The number of fused-ring (bicyclic) bond motifs is 1. The summed E-state index contributed by atoms with van der Waals surface area (Å²) in [4.78, 5) is 26.0. The van der Waals surface area contributed by atoms with Gasteiger partial charge in [-0.15, -0.1) is 0 Å². The van der Waals surface area contributed by atoms with Crippen LogP contribution in [0.2, 0.25) is 0 Å². The topological polar surface area (TPSA) is 49.4 Å². The monoisotopic (exact) mass is 400 g/mol. The van der Waals surface area contributed by atoms with Gasteiger partial charge in [-0.05, 0) is 43.0 Å². The molecule has 1 heterocycles. The number of hydrogen-bond acceptors (Lipinski definition) is 2. The van der Waals surface area contributed by atoms with Crippen LogP contribution in [0.3, 0.4) is 0 Å². The highest BCUT2D eigenvalue weighted by Gasteiger charge is 2.26. The molecule has 0 radical (unpaired) electrons. The van der Waals surface area contributed by atoms with Gasteiger partial charge in [0.05, 0.1) is 11.4 Å². The third-order valence-electron chi connectivity index (χ3n) is 4.44. The summed E-state index contributed by atoms with van der Waals surface area (Å²) in [5.41, 5.74) is 4.97. The van der Waals surface area contributed by atoms with Crippen LogP contribution in [-0.4, -0.2) is 18.4 Å². The predicted octanol–water partition coefficient (Wildman–Crippen LogP) is 4.24. The summed E-state index contributed by atoms with van der Waals surface area (Å²) >= 11 is 3.49. The number of carbonyl (C=O) groups excluding carboxylic acids is 2. The molecule has 2 amide bonds. The molecule has 2 aromatic rings. The highest BCUT2D eigenvalue weighted by atomic mass is 79.9. The molecule has 3 rings (SSSR count). The third-order valence-corrected chi connectivity index (χ3v) is 4.90. The molecule has 1 aliphatic heterocycles. The first-order valence-electron chi connectivity index (χ1n) is 8.40. The molecule has 4 nitrogen and oxygen atoms in total. The minimum absolute atomic E-state index is 0.00349. The number of carbonyl (C=O) groups is 2. The van der Waals surface area contributed by atoms with Crippen molar-refractivity contribution in [2.24, 2.45) is 0 Å². The third kappa shape index (κ3) is 4.10. The van der Waals surface area contributed by atoms with E-state index in [2.05, 4.69) is 45.5 Å². The molecule has 130 valence electrons. The fourth-order valence-electron chi connectivity index (χ4n) is 3.14. The van der Waals surface area contributed by atoms with Crippen LogP contribution in [0.25, 0.3) is 0 Å². The first-order chi connectivity index (χ1) is 11.9. The van der Waals surface area contributed by atoms with Crippen LogP contribution in [0.1, 0.15) is 30.0 Å². The molecule has 1 aliphatic rings. The zero-order valence-electron chi connectivity index (χ0n) is 14.4. The maximum Gasteiger partial charge on any atom is 0.224 e. The van der Waals surface area contributed by atoms with Crippen molar-refractivity contribution in [3.63, 3.8) is 0 Å². The van der Waals surface area contributed by atoms with Crippen LogP contribution >= 0.6 is 15.9 Å². The van der Waals surface area contributed by atoms with E-state index in [1.54, 1.807) is 11.8 Å². The molecule has 0 fully saturated rings. The number of rotatable bonds is 4. The van der Waals surface area contributed by atoms with Gasteiger partial charge in [0.2, 0.25) is 11.8 Å². The normalized spacial score (nSPS) is 12.8. The zero-order chi connectivity index (χ0) is 18.0. The van der Waals surface area contributed by atoms with E-state index in [4.69, 9.17) is 0 Å².